The van der Waals surface area contributed by atoms with Crippen LogP contribution in [0.15, 0.2) is 24.3 Å². The normalized spacial score (nSPS) is 12.0. The van der Waals surface area contributed by atoms with E-state index in [-0.39, 0.29) is 25.0 Å². The maximum absolute atomic E-state index is 10.8. The zero-order valence-corrected chi connectivity index (χ0v) is 15.9. The van der Waals surface area contributed by atoms with Gasteiger partial charge in [-0.1, -0.05) is 37.6 Å². The molecular weight excluding hydrogens is 344 g/mol. The SMILES string of the molecule is CCCC(CCO)Nc1nc(N)nc(C)c1Cc1ccc(CC(=O)O)cc1. The van der Waals surface area contributed by atoms with Gasteiger partial charge in [-0.15, -0.1) is 0 Å². The van der Waals surface area contributed by atoms with Gasteiger partial charge in [-0.3, -0.25) is 4.79 Å². The van der Waals surface area contributed by atoms with Crippen LogP contribution in [-0.2, 0) is 17.6 Å². The molecule has 0 saturated heterocycles. The zero-order chi connectivity index (χ0) is 19.8. The van der Waals surface area contributed by atoms with Crippen LogP contribution in [0.3, 0.4) is 0 Å². The standard InChI is InChI=1S/C20H28N4O3/c1-3-4-16(9-10-25)23-19-17(13(2)22-20(21)24-19)11-14-5-7-15(8-6-14)12-18(26)27/h5-8,16,25H,3-4,9-12H2,1-2H3,(H,26,27)(H3,21,22,23,24). The lowest BCUT2D eigenvalue weighted by molar-refractivity contribution is -0.136. The van der Waals surface area contributed by atoms with Gasteiger partial charge < -0.3 is 21.3 Å². The number of hydrogen-bond acceptors (Lipinski definition) is 6. The maximum Gasteiger partial charge on any atom is 0.307 e. The Morgan fingerprint density at radius 3 is 2.44 bits per heavy atom. The highest BCUT2D eigenvalue weighted by Crippen LogP contribution is 2.23. The van der Waals surface area contributed by atoms with Crippen molar-refractivity contribution in [3.8, 4) is 0 Å². The number of carbonyl (C=O) groups is 1. The average Bonchev–Trinajstić information content (AvgIpc) is 2.59. The lowest BCUT2D eigenvalue weighted by atomic mass is 10.0. The molecule has 146 valence electrons. The van der Waals surface area contributed by atoms with Gasteiger partial charge in [0.25, 0.3) is 0 Å². The number of nitrogen functional groups attached to an aromatic ring is 1. The Hall–Kier alpha value is -2.67. The van der Waals surface area contributed by atoms with E-state index in [0.717, 1.165) is 35.2 Å². The van der Waals surface area contributed by atoms with E-state index in [0.29, 0.717) is 18.7 Å². The third-order valence-electron chi connectivity index (χ3n) is 4.45. The number of aromatic nitrogens is 2. The number of nitrogens with zero attached hydrogens (tertiary/aromatic N) is 2. The lowest BCUT2D eigenvalue weighted by Crippen LogP contribution is -2.23. The number of aryl methyl sites for hydroxylation is 1. The second-order valence-electron chi connectivity index (χ2n) is 6.70. The summed E-state index contributed by atoms with van der Waals surface area (Å²) in [5.41, 5.74) is 9.41. The molecule has 0 aliphatic carbocycles. The third kappa shape index (κ3) is 6.21. The fraction of sp³-hybridized carbons (Fsp3) is 0.450. The molecule has 1 unspecified atom stereocenters. The van der Waals surface area contributed by atoms with Gasteiger partial charge in [-0.25, -0.2) is 4.98 Å². The van der Waals surface area contributed by atoms with Crippen LogP contribution < -0.4 is 11.1 Å². The van der Waals surface area contributed by atoms with Gasteiger partial charge >= 0.3 is 5.97 Å². The van der Waals surface area contributed by atoms with Gasteiger partial charge in [0.05, 0.1) is 6.42 Å². The molecule has 0 saturated carbocycles. The molecule has 0 bridgehead atoms. The number of nitrogens with two attached hydrogens (primary N) is 1. The van der Waals surface area contributed by atoms with Gasteiger partial charge in [0.1, 0.15) is 5.82 Å². The van der Waals surface area contributed by atoms with Crippen LogP contribution in [0.5, 0.6) is 0 Å². The van der Waals surface area contributed by atoms with Crippen LogP contribution in [0.4, 0.5) is 11.8 Å². The zero-order valence-electron chi connectivity index (χ0n) is 15.9. The van der Waals surface area contributed by atoms with Crippen molar-refractivity contribution in [3.05, 3.63) is 46.6 Å². The summed E-state index contributed by atoms with van der Waals surface area (Å²) in [7, 11) is 0. The molecule has 27 heavy (non-hydrogen) atoms. The van der Waals surface area contributed by atoms with Crippen molar-refractivity contribution >= 4 is 17.7 Å². The summed E-state index contributed by atoms with van der Waals surface area (Å²) in [4.78, 5) is 19.5. The molecule has 1 heterocycles. The molecule has 0 amide bonds. The van der Waals surface area contributed by atoms with E-state index < -0.39 is 5.97 Å². The van der Waals surface area contributed by atoms with Crippen LogP contribution >= 0.6 is 0 Å². The summed E-state index contributed by atoms with van der Waals surface area (Å²) in [6.07, 6.45) is 3.18. The predicted molar refractivity (Wildman–Crippen MR) is 106 cm³/mol. The molecular formula is C20H28N4O3. The molecule has 0 fully saturated rings. The monoisotopic (exact) mass is 372 g/mol. The minimum absolute atomic E-state index is 0.0109. The van der Waals surface area contributed by atoms with E-state index in [1.54, 1.807) is 0 Å². The molecule has 1 aromatic heterocycles. The molecule has 2 aromatic rings. The summed E-state index contributed by atoms with van der Waals surface area (Å²) in [6, 6.07) is 7.63. The van der Waals surface area contributed by atoms with E-state index in [1.165, 1.54) is 0 Å². The van der Waals surface area contributed by atoms with E-state index >= 15 is 0 Å². The van der Waals surface area contributed by atoms with E-state index in [2.05, 4.69) is 22.2 Å². The van der Waals surface area contributed by atoms with Crippen LogP contribution in [0.25, 0.3) is 0 Å². The van der Waals surface area contributed by atoms with Crippen molar-refractivity contribution in [1.29, 1.82) is 0 Å². The molecule has 1 atom stereocenters. The largest absolute Gasteiger partial charge is 0.481 e. The average molecular weight is 372 g/mol. The summed E-state index contributed by atoms with van der Waals surface area (Å²) < 4.78 is 0. The van der Waals surface area contributed by atoms with Crippen molar-refractivity contribution in [2.75, 3.05) is 17.7 Å². The molecule has 1 aromatic carbocycles. The Labute approximate surface area is 159 Å². The van der Waals surface area contributed by atoms with E-state index in [4.69, 9.17) is 10.8 Å². The highest BCUT2D eigenvalue weighted by molar-refractivity contribution is 5.70. The second kappa shape index (κ2) is 9.87. The van der Waals surface area contributed by atoms with Crippen molar-refractivity contribution in [1.82, 2.24) is 9.97 Å². The van der Waals surface area contributed by atoms with Crippen LogP contribution in [0, 0.1) is 6.92 Å². The molecule has 0 aliphatic heterocycles. The van der Waals surface area contributed by atoms with Crippen molar-refractivity contribution in [2.45, 2.75) is 52.0 Å². The maximum atomic E-state index is 10.8. The van der Waals surface area contributed by atoms with E-state index in [9.17, 15) is 9.90 Å². The number of anilines is 2. The number of aliphatic hydroxyl groups excluding tert-OH is 1. The minimum Gasteiger partial charge on any atom is -0.481 e. The highest BCUT2D eigenvalue weighted by atomic mass is 16.4. The Morgan fingerprint density at radius 1 is 1.19 bits per heavy atom. The molecule has 0 aliphatic rings. The molecule has 0 spiro atoms. The fourth-order valence-corrected chi connectivity index (χ4v) is 3.09. The van der Waals surface area contributed by atoms with Gasteiger partial charge in [-0.05, 0) is 30.9 Å². The number of carboxylic acids is 1. The Bertz CT molecular complexity index is 757. The number of rotatable bonds is 10. The summed E-state index contributed by atoms with van der Waals surface area (Å²) in [5, 5.41) is 21.6. The van der Waals surface area contributed by atoms with Crippen LogP contribution in [-0.4, -0.2) is 38.8 Å². The highest BCUT2D eigenvalue weighted by Gasteiger charge is 2.15. The van der Waals surface area contributed by atoms with Gasteiger partial charge in [0, 0.05) is 30.3 Å². The number of aliphatic hydroxyl groups is 1. The number of carboxylic acid groups (broad SMARTS) is 1. The van der Waals surface area contributed by atoms with Crippen LogP contribution in [0.2, 0.25) is 0 Å². The summed E-state index contributed by atoms with van der Waals surface area (Å²) in [5.74, 6) is 0.0687. The summed E-state index contributed by atoms with van der Waals surface area (Å²) in [6.45, 7) is 4.11. The molecule has 0 radical (unpaired) electrons. The topological polar surface area (TPSA) is 121 Å². The first-order chi connectivity index (χ1) is 12.9. The smallest absolute Gasteiger partial charge is 0.307 e. The summed E-state index contributed by atoms with van der Waals surface area (Å²) >= 11 is 0. The van der Waals surface area contributed by atoms with Gasteiger partial charge in [0.15, 0.2) is 0 Å². The number of aliphatic carboxylic acids is 1. The first-order valence-electron chi connectivity index (χ1n) is 9.22. The second-order valence-corrected chi connectivity index (χ2v) is 6.70. The Kier molecular flexibility index (Phi) is 7.55. The van der Waals surface area contributed by atoms with Crippen LogP contribution in [0.1, 0.15) is 48.6 Å². The Balaban J connectivity index is 2.25. The number of benzene rings is 1. The molecule has 2 rings (SSSR count). The quantitative estimate of drug-likeness (QED) is 0.505. The number of hydrogen-bond donors (Lipinski definition) is 4. The third-order valence-corrected chi connectivity index (χ3v) is 4.45. The van der Waals surface area contributed by atoms with Gasteiger partial charge in [0.2, 0.25) is 5.95 Å². The molecule has 7 heteroatoms. The lowest BCUT2D eigenvalue weighted by Gasteiger charge is -2.21. The fourth-order valence-electron chi connectivity index (χ4n) is 3.09. The van der Waals surface area contributed by atoms with Gasteiger partial charge in [-0.2, -0.15) is 4.98 Å². The van der Waals surface area contributed by atoms with Crippen molar-refractivity contribution < 1.29 is 15.0 Å². The Morgan fingerprint density at radius 2 is 1.85 bits per heavy atom. The van der Waals surface area contributed by atoms with E-state index in [1.807, 2.05) is 31.2 Å². The van der Waals surface area contributed by atoms with Crippen molar-refractivity contribution in [3.63, 3.8) is 0 Å². The first kappa shape index (κ1) is 20.6. The minimum atomic E-state index is -0.845. The molecule has 7 nitrogen and oxygen atoms in total. The number of nitrogens with one attached hydrogen (secondary N) is 1. The molecule has 5 N–H and O–H groups in total. The first-order valence-corrected chi connectivity index (χ1v) is 9.22. The van der Waals surface area contributed by atoms with Crippen molar-refractivity contribution in [2.24, 2.45) is 0 Å². The predicted octanol–water partition coefficient (Wildman–Crippen LogP) is 2.55.